The van der Waals surface area contributed by atoms with Crippen molar-refractivity contribution >= 4 is 13.8 Å². The topological polar surface area (TPSA) is 26.3 Å². The average Bonchev–Trinajstić information content (AvgIpc) is 2.62. The van der Waals surface area contributed by atoms with E-state index in [4.69, 9.17) is 4.74 Å². The van der Waals surface area contributed by atoms with Gasteiger partial charge in [-0.1, -0.05) is 6.32 Å². The maximum Gasteiger partial charge on any atom is 0.305 e. The lowest BCUT2D eigenvalue weighted by molar-refractivity contribution is -0.162. The Bertz CT molecular complexity index is 241. The highest BCUT2D eigenvalue weighted by Crippen LogP contribution is 2.52. The molecule has 0 aromatic rings. The molecule has 2 aliphatic carbocycles. The molecule has 2 saturated carbocycles. The number of fused-ring (bicyclic) bond motifs is 2. The molecule has 0 amide bonds. The minimum Gasteiger partial charge on any atom is -0.459 e. The van der Waals surface area contributed by atoms with Crippen molar-refractivity contribution in [1.82, 2.24) is 0 Å². The quantitative estimate of drug-likeness (QED) is 0.503. The molecule has 3 atom stereocenters. The van der Waals surface area contributed by atoms with Crippen molar-refractivity contribution in [2.75, 3.05) is 0 Å². The van der Waals surface area contributed by atoms with Crippen molar-refractivity contribution in [2.24, 2.45) is 11.8 Å². The standard InChI is InChI=1S/C11H19BO2/c1-11(14-10(13)4-5-12)7-8-2-3-9(11)6-8/h8-9H,2-7,12H2,1H3. The Morgan fingerprint density at radius 2 is 2.36 bits per heavy atom. The normalized spacial score (nSPS) is 40.1. The SMILES string of the molecule is BCCC(=O)OC1(C)CC2CCC1C2. The van der Waals surface area contributed by atoms with E-state index in [1.165, 1.54) is 19.3 Å². The molecule has 0 aromatic carbocycles. The smallest absolute Gasteiger partial charge is 0.305 e. The van der Waals surface area contributed by atoms with Gasteiger partial charge in [0.1, 0.15) is 13.4 Å². The molecule has 0 saturated heterocycles. The lowest BCUT2D eigenvalue weighted by Gasteiger charge is -2.33. The first-order chi connectivity index (χ1) is 6.64. The van der Waals surface area contributed by atoms with Crippen LogP contribution in [0.15, 0.2) is 0 Å². The summed E-state index contributed by atoms with van der Waals surface area (Å²) in [6.07, 6.45) is 6.48. The highest BCUT2D eigenvalue weighted by molar-refractivity contribution is 6.09. The van der Waals surface area contributed by atoms with E-state index in [0.717, 1.165) is 18.7 Å². The van der Waals surface area contributed by atoms with Crippen molar-refractivity contribution < 1.29 is 9.53 Å². The van der Waals surface area contributed by atoms with E-state index >= 15 is 0 Å². The fourth-order valence-corrected chi connectivity index (χ4v) is 3.20. The van der Waals surface area contributed by atoms with E-state index in [0.29, 0.717) is 12.3 Å². The van der Waals surface area contributed by atoms with E-state index in [9.17, 15) is 4.79 Å². The number of carbonyl (C=O) groups is 1. The highest BCUT2D eigenvalue weighted by Gasteiger charge is 2.50. The highest BCUT2D eigenvalue weighted by atomic mass is 16.6. The van der Waals surface area contributed by atoms with Gasteiger partial charge in [0, 0.05) is 6.42 Å². The van der Waals surface area contributed by atoms with Gasteiger partial charge in [-0.3, -0.25) is 4.79 Å². The summed E-state index contributed by atoms with van der Waals surface area (Å²) in [5, 5.41) is 0. The summed E-state index contributed by atoms with van der Waals surface area (Å²) in [5.41, 5.74) is -0.116. The third-order valence-corrected chi connectivity index (χ3v) is 3.90. The Hall–Kier alpha value is -0.465. The van der Waals surface area contributed by atoms with E-state index < -0.39 is 0 Å². The number of rotatable bonds is 3. The molecule has 0 radical (unpaired) electrons. The molecule has 3 unspecified atom stereocenters. The van der Waals surface area contributed by atoms with Crippen molar-refractivity contribution in [3.8, 4) is 0 Å². The maximum absolute atomic E-state index is 11.5. The van der Waals surface area contributed by atoms with Gasteiger partial charge in [-0.25, -0.2) is 0 Å². The first-order valence-electron chi connectivity index (χ1n) is 5.86. The van der Waals surface area contributed by atoms with Gasteiger partial charge in [0.15, 0.2) is 0 Å². The largest absolute Gasteiger partial charge is 0.459 e. The fraction of sp³-hybridized carbons (Fsp3) is 0.909. The second-order valence-corrected chi connectivity index (χ2v) is 5.12. The van der Waals surface area contributed by atoms with Crippen LogP contribution in [0.3, 0.4) is 0 Å². The molecule has 0 spiro atoms. The van der Waals surface area contributed by atoms with Crippen LogP contribution in [-0.4, -0.2) is 19.4 Å². The molecule has 2 bridgehead atoms. The zero-order valence-corrected chi connectivity index (χ0v) is 9.21. The summed E-state index contributed by atoms with van der Waals surface area (Å²) in [4.78, 5) is 11.5. The first kappa shape index (κ1) is 10.1. The monoisotopic (exact) mass is 194 g/mol. The number of hydrogen-bond donors (Lipinski definition) is 0. The molecule has 2 rings (SSSR count). The van der Waals surface area contributed by atoms with E-state index in [1.54, 1.807) is 0 Å². The Morgan fingerprint density at radius 1 is 1.57 bits per heavy atom. The van der Waals surface area contributed by atoms with Crippen LogP contribution in [0.2, 0.25) is 6.32 Å². The number of esters is 1. The van der Waals surface area contributed by atoms with Gasteiger partial charge in [0.25, 0.3) is 0 Å². The zero-order chi connectivity index (χ0) is 10.2. The Kier molecular flexibility index (Phi) is 2.59. The van der Waals surface area contributed by atoms with Gasteiger partial charge in [0.2, 0.25) is 0 Å². The first-order valence-corrected chi connectivity index (χ1v) is 5.86. The van der Waals surface area contributed by atoms with Crippen LogP contribution < -0.4 is 0 Å². The Labute approximate surface area is 86.8 Å². The third kappa shape index (κ3) is 1.69. The number of ether oxygens (including phenoxy) is 1. The van der Waals surface area contributed by atoms with Crippen LogP contribution in [0.4, 0.5) is 0 Å². The van der Waals surface area contributed by atoms with Gasteiger partial charge in [-0.2, -0.15) is 0 Å². The van der Waals surface area contributed by atoms with Crippen molar-refractivity contribution in [2.45, 2.75) is 50.9 Å². The van der Waals surface area contributed by atoms with Crippen LogP contribution in [0.1, 0.15) is 39.0 Å². The van der Waals surface area contributed by atoms with Crippen molar-refractivity contribution in [3.05, 3.63) is 0 Å². The molecule has 0 N–H and O–H groups in total. The van der Waals surface area contributed by atoms with Gasteiger partial charge in [0.05, 0.1) is 0 Å². The summed E-state index contributed by atoms with van der Waals surface area (Å²) in [6.45, 7) is 2.13. The molecular formula is C11H19BO2. The predicted molar refractivity (Wildman–Crippen MR) is 57.9 cm³/mol. The maximum atomic E-state index is 11.5. The van der Waals surface area contributed by atoms with Crippen LogP contribution in [0.5, 0.6) is 0 Å². The van der Waals surface area contributed by atoms with Gasteiger partial charge in [-0.15, -0.1) is 0 Å². The predicted octanol–water partition coefficient (Wildman–Crippen LogP) is 1.55. The number of hydrogen-bond acceptors (Lipinski definition) is 2. The van der Waals surface area contributed by atoms with Crippen LogP contribution in [0.25, 0.3) is 0 Å². The van der Waals surface area contributed by atoms with Gasteiger partial charge in [-0.05, 0) is 44.4 Å². The average molecular weight is 194 g/mol. The van der Waals surface area contributed by atoms with Gasteiger partial charge >= 0.3 is 5.97 Å². The molecule has 0 aliphatic heterocycles. The lowest BCUT2D eigenvalue weighted by Crippen LogP contribution is -2.37. The third-order valence-electron chi connectivity index (χ3n) is 3.90. The minimum atomic E-state index is -0.116. The summed E-state index contributed by atoms with van der Waals surface area (Å²) in [5.74, 6) is 1.48. The van der Waals surface area contributed by atoms with E-state index in [-0.39, 0.29) is 11.6 Å². The van der Waals surface area contributed by atoms with E-state index in [2.05, 4.69) is 6.92 Å². The van der Waals surface area contributed by atoms with Crippen molar-refractivity contribution in [3.63, 3.8) is 0 Å². The molecule has 3 heteroatoms. The van der Waals surface area contributed by atoms with Crippen molar-refractivity contribution in [1.29, 1.82) is 0 Å². The summed E-state index contributed by atoms with van der Waals surface area (Å²) < 4.78 is 5.63. The van der Waals surface area contributed by atoms with Crippen LogP contribution >= 0.6 is 0 Å². The zero-order valence-electron chi connectivity index (χ0n) is 9.21. The molecule has 2 nitrogen and oxygen atoms in total. The molecule has 0 heterocycles. The second-order valence-electron chi connectivity index (χ2n) is 5.12. The molecule has 14 heavy (non-hydrogen) atoms. The molecule has 2 aliphatic rings. The summed E-state index contributed by atoms with van der Waals surface area (Å²) in [7, 11) is 2.02. The lowest BCUT2D eigenvalue weighted by atomic mass is 9.85. The Morgan fingerprint density at radius 3 is 2.86 bits per heavy atom. The second kappa shape index (κ2) is 3.60. The molecule has 78 valence electrons. The molecular weight excluding hydrogens is 175 g/mol. The number of carbonyl (C=O) groups excluding carboxylic acids is 1. The van der Waals surface area contributed by atoms with E-state index in [1.807, 2.05) is 7.85 Å². The summed E-state index contributed by atoms with van der Waals surface area (Å²) >= 11 is 0. The summed E-state index contributed by atoms with van der Waals surface area (Å²) in [6, 6.07) is 0. The van der Waals surface area contributed by atoms with Crippen LogP contribution in [-0.2, 0) is 9.53 Å². The Balaban J connectivity index is 1.93. The molecule has 0 aromatic heterocycles. The molecule has 2 fully saturated rings. The van der Waals surface area contributed by atoms with Gasteiger partial charge < -0.3 is 4.74 Å². The van der Waals surface area contributed by atoms with Crippen LogP contribution in [0, 0.1) is 11.8 Å². The fourth-order valence-electron chi connectivity index (χ4n) is 3.20. The minimum absolute atomic E-state index is 0.00236.